The SMILES string of the molecule is Cc1cc(CN2CCC(CO)C2)c(C)o1. The van der Waals surface area contributed by atoms with Gasteiger partial charge in [-0.15, -0.1) is 0 Å². The van der Waals surface area contributed by atoms with Crippen LogP contribution in [0.3, 0.4) is 0 Å². The Labute approximate surface area is 90.7 Å². The molecule has 0 spiro atoms. The average molecular weight is 209 g/mol. The second kappa shape index (κ2) is 4.37. The first-order chi connectivity index (χ1) is 7.19. The molecule has 1 saturated heterocycles. The monoisotopic (exact) mass is 209 g/mol. The average Bonchev–Trinajstić information content (AvgIpc) is 2.75. The Morgan fingerprint density at radius 1 is 1.53 bits per heavy atom. The van der Waals surface area contributed by atoms with Crippen molar-refractivity contribution in [2.75, 3.05) is 19.7 Å². The van der Waals surface area contributed by atoms with Crippen molar-refractivity contribution in [1.29, 1.82) is 0 Å². The fraction of sp³-hybridized carbons (Fsp3) is 0.667. The van der Waals surface area contributed by atoms with Gasteiger partial charge < -0.3 is 9.52 Å². The summed E-state index contributed by atoms with van der Waals surface area (Å²) in [4.78, 5) is 2.39. The Kier molecular flexibility index (Phi) is 3.12. The van der Waals surface area contributed by atoms with Crippen LogP contribution in [0.2, 0.25) is 0 Å². The summed E-state index contributed by atoms with van der Waals surface area (Å²) in [6.07, 6.45) is 1.12. The predicted molar refractivity (Wildman–Crippen MR) is 58.7 cm³/mol. The maximum atomic E-state index is 9.06. The predicted octanol–water partition coefficient (Wildman–Crippen LogP) is 1.71. The summed E-state index contributed by atoms with van der Waals surface area (Å²) in [5.41, 5.74) is 1.28. The zero-order chi connectivity index (χ0) is 10.8. The highest BCUT2D eigenvalue weighted by atomic mass is 16.3. The number of hydrogen-bond acceptors (Lipinski definition) is 3. The molecule has 1 unspecified atom stereocenters. The maximum Gasteiger partial charge on any atom is 0.105 e. The molecule has 0 radical (unpaired) electrons. The van der Waals surface area contributed by atoms with Crippen LogP contribution in [0, 0.1) is 19.8 Å². The Morgan fingerprint density at radius 3 is 2.87 bits per heavy atom. The minimum absolute atomic E-state index is 0.319. The van der Waals surface area contributed by atoms with E-state index < -0.39 is 0 Å². The van der Waals surface area contributed by atoms with Crippen LogP contribution in [0.15, 0.2) is 10.5 Å². The van der Waals surface area contributed by atoms with E-state index in [2.05, 4.69) is 11.0 Å². The lowest BCUT2D eigenvalue weighted by atomic mass is 10.1. The molecule has 1 N–H and O–H groups in total. The minimum atomic E-state index is 0.319. The topological polar surface area (TPSA) is 36.6 Å². The third-order valence-corrected chi connectivity index (χ3v) is 3.17. The standard InChI is InChI=1S/C12H19NO2/c1-9-5-12(10(2)15-9)7-13-4-3-11(6-13)8-14/h5,11,14H,3-4,6-8H2,1-2H3. The van der Waals surface area contributed by atoms with Crippen molar-refractivity contribution in [3.05, 3.63) is 23.2 Å². The van der Waals surface area contributed by atoms with Gasteiger partial charge in [0.25, 0.3) is 0 Å². The number of hydrogen-bond donors (Lipinski definition) is 1. The Hall–Kier alpha value is -0.800. The second-order valence-electron chi connectivity index (χ2n) is 4.51. The third-order valence-electron chi connectivity index (χ3n) is 3.17. The molecule has 1 atom stereocenters. The lowest BCUT2D eigenvalue weighted by Gasteiger charge is -2.14. The van der Waals surface area contributed by atoms with Crippen molar-refractivity contribution in [3.63, 3.8) is 0 Å². The van der Waals surface area contributed by atoms with Crippen molar-refractivity contribution in [2.45, 2.75) is 26.8 Å². The summed E-state index contributed by atoms with van der Waals surface area (Å²) >= 11 is 0. The summed E-state index contributed by atoms with van der Waals surface area (Å²) in [6.45, 7) is 7.38. The van der Waals surface area contributed by atoms with Gasteiger partial charge in [0, 0.05) is 25.3 Å². The first-order valence-electron chi connectivity index (χ1n) is 5.58. The fourth-order valence-corrected chi connectivity index (χ4v) is 2.29. The van der Waals surface area contributed by atoms with Gasteiger partial charge >= 0.3 is 0 Å². The van der Waals surface area contributed by atoms with Crippen molar-refractivity contribution in [3.8, 4) is 0 Å². The molecule has 2 rings (SSSR count). The molecule has 0 aliphatic carbocycles. The van der Waals surface area contributed by atoms with E-state index in [1.54, 1.807) is 0 Å². The largest absolute Gasteiger partial charge is 0.466 e. The van der Waals surface area contributed by atoms with Gasteiger partial charge in [0.2, 0.25) is 0 Å². The van der Waals surface area contributed by atoms with Crippen LogP contribution in [-0.4, -0.2) is 29.7 Å². The van der Waals surface area contributed by atoms with Gasteiger partial charge in [0.05, 0.1) is 0 Å². The normalized spacial score (nSPS) is 22.5. The van der Waals surface area contributed by atoms with Gasteiger partial charge in [-0.25, -0.2) is 0 Å². The summed E-state index contributed by atoms with van der Waals surface area (Å²) in [5, 5.41) is 9.06. The molecule has 0 saturated carbocycles. The molecule has 1 aliphatic heterocycles. The van der Waals surface area contributed by atoms with Gasteiger partial charge in [-0.05, 0) is 38.8 Å². The minimum Gasteiger partial charge on any atom is -0.466 e. The van der Waals surface area contributed by atoms with Gasteiger partial charge in [-0.3, -0.25) is 4.90 Å². The number of rotatable bonds is 3. The van der Waals surface area contributed by atoms with Gasteiger partial charge in [0.1, 0.15) is 11.5 Å². The Morgan fingerprint density at radius 2 is 2.33 bits per heavy atom. The molecule has 2 heterocycles. The number of furan rings is 1. The van der Waals surface area contributed by atoms with Crippen LogP contribution in [0.1, 0.15) is 23.5 Å². The Bertz CT molecular complexity index is 332. The number of nitrogens with zero attached hydrogens (tertiary/aromatic N) is 1. The number of aliphatic hydroxyl groups is 1. The van der Waals surface area contributed by atoms with Crippen molar-refractivity contribution >= 4 is 0 Å². The Balaban J connectivity index is 1.95. The van der Waals surface area contributed by atoms with E-state index in [-0.39, 0.29) is 0 Å². The van der Waals surface area contributed by atoms with Crippen LogP contribution >= 0.6 is 0 Å². The van der Waals surface area contributed by atoms with E-state index >= 15 is 0 Å². The van der Waals surface area contributed by atoms with E-state index in [4.69, 9.17) is 9.52 Å². The molecule has 0 amide bonds. The molecule has 3 nitrogen and oxygen atoms in total. The molecular formula is C12H19NO2. The lowest BCUT2D eigenvalue weighted by Crippen LogP contribution is -2.21. The van der Waals surface area contributed by atoms with E-state index in [1.165, 1.54) is 5.56 Å². The van der Waals surface area contributed by atoms with Crippen LogP contribution in [0.4, 0.5) is 0 Å². The molecule has 3 heteroatoms. The maximum absolute atomic E-state index is 9.06. The fourth-order valence-electron chi connectivity index (χ4n) is 2.29. The van der Waals surface area contributed by atoms with Gasteiger partial charge in [-0.1, -0.05) is 0 Å². The highest BCUT2D eigenvalue weighted by Gasteiger charge is 2.22. The number of likely N-dealkylation sites (tertiary alicyclic amines) is 1. The quantitative estimate of drug-likeness (QED) is 0.823. The number of aliphatic hydroxyl groups excluding tert-OH is 1. The van der Waals surface area contributed by atoms with Gasteiger partial charge in [-0.2, -0.15) is 0 Å². The summed E-state index contributed by atoms with van der Waals surface area (Å²) in [5.74, 6) is 2.48. The smallest absolute Gasteiger partial charge is 0.105 e. The number of aryl methyl sites for hydroxylation is 2. The molecule has 1 aromatic heterocycles. The zero-order valence-corrected chi connectivity index (χ0v) is 9.49. The first-order valence-corrected chi connectivity index (χ1v) is 5.58. The molecule has 15 heavy (non-hydrogen) atoms. The van der Waals surface area contributed by atoms with Crippen LogP contribution in [-0.2, 0) is 6.54 Å². The summed E-state index contributed by atoms with van der Waals surface area (Å²) in [7, 11) is 0. The molecular weight excluding hydrogens is 190 g/mol. The van der Waals surface area contributed by atoms with Crippen molar-refractivity contribution < 1.29 is 9.52 Å². The molecule has 84 valence electrons. The zero-order valence-electron chi connectivity index (χ0n) is 9.49. The molecule has 0 bridgehead atoms. The molecule has 1 aliphatic rings. The van der Waals surface area contributed by atoms with Crippen LogP contribution in [0.25, 0.3) is 0 Å². The van der Waals surface area contributed by atoms with E-state index in [0.717, 1.165) is 37.6 Å². The third kappa shape index (κ3) is 2.41. The first kappa shape index (κ1) is 10.7. The van der Waals surface area contributed by atoms with Gasteiger partial charge in [0.15, 0.2) is 0 Å². The highest BCUT2D eigenvalue weighted by molar-refractivity contribution is 5.20. The van der Waals surface area contributed by atoms with Crippen LogP contribution < -0.4 is 0 Å². The highest BCUT2D eigenvalue weighted by Crippen LogP contribution is 2.21. The van der Waals surface area contributed by atoms with Crippen molar-refractivity contribution in [2.24, 2.45) is 5.92 Å². The van der Waals surface area contributed by atoms with Crippen molar-refractivity contribution in [1.82, 2.24) is 4.90 Å². The molecule has 1 aromatic rings. The van der Waals surface area contributed by atoms with E-state index in [0.29, 0.717) is 12.5 Å². The van der Waals surface area contributed by atoms with Crippen LogP contribution in [0.5, 0.6) is 0 Å². The lowest BCUT2D eigenvalue weighted by molar-refractivity contribution is 0.220. The van der Waals surface area contributed by atoms with E-state index in [1.807, 2.05) is 13.8 Å². The van der Waals surface area contributed by atoms with E-state index in [9.17, 15) is 0 Å². The second-order valence-corrected chi connectivity index (χ2v) is 4.51. The molecule has 0 aromatic carbocycles. The summed E-state index contributed by atoms with van der Waals surface area (Å²) in [6, 6.07) is 2.11. The summed E-state index contributed by atoms with van der Waals surface area (Å²) < 4.78 is 5.50. The molecule has 1 fully saturated rings.